The topological polar surface area (TPSA) is 137 Å². The number of nitrogen functional groups attached to an aromatic ring is 1. The maximum absolute atomic E-state index is 12.7. The van der Waals surface area contributed by atoms with Gasteiger partial charge in [0.15, 0.2) is 5.69 Å². The zero-order valence-electron chi connectivity index (χ0n) is 15.2. The van der Waals surface area contributed by atoms with E-state index in [1.807, 2.05) is 51.1 Å². The highest BCUT2D eigenvalue weighted by atomic mass is 16.6. The van der Waals surface area contributed by atoms with Crippen LogP contribution >= 0.6 is 0 Å². The number of nitrogens with one attached hydrogen (secondary N) is 1. The van der Waals surface area contributed by atoms with Gasteiger partial charge in [0.1, 0.15) is 0 Å². The summed E-state index contributed by atoms with van der Waals surface area (Å²) in [5.74, 6) is -0.307. The largest absolute Gasteiger partial charge is 0.378 e. The smallest absolute Gasteiger partial charge is 0.293 e. The maximum atomic E-state index is 12.7. The molecule has 3 aromatic rings. The van der Waals surface area contributed by atoms with Gasteiger partial charge in [-0.25, -0.2) is 10.1 Å². The summed E-state index contributed by atoms with van der Waals surface area (Å²) < 4.78 is 5.96. The van der Waals surface area contributed by atoms with Crippen LogP contribution in [-0.4, -0.2) is 36.9 Å². The molecule has 0 atom stereocenters. The number of hydrogen-bond donors (Lipinski definition) is 2. The number of nitrogens with two attached hydrogens (primary N) is 1. The van der Waals surface area contributed by atoms with Crippen LogP contribution in [-0.2, 0) is 0 Å². The number of hydrogen-bond acceptors (Lipinski definition) is 8. The molecule has 0 spiro atoms. The number of carbonyl (C=O) groups is 1. The van der Waals surface area contributed by atoms with Crippen molar-refractivity contribution in [1.82, 2.24) is 30.7 Å². The first-order chi connectivity index (χ1) is 13.0. The Morgan fingerprint density at radius 3 is 2.63 bits per heavy atom. The summed E-state index contributed by atoms with van der Waals surface area (Å²) in [5, 5.41) is 19.5. The maximum Gasteiger partial charge on any atom is 0.293 e. The number of rotatable bonds is 6. The number of carbonyl (C=O) groups excluding carboxylic acids is 1. The van der Waals surface area contributed by atoms with Crippen molar-refractivity contribution in [3.05, 3.63) is 47.3 Å². The third-order valence-corrected chi connectivity index (χ3v) is 3.90. The minimum absolute atomic E-state index is 0.0594. The molecule has 2 aromatic heterocycles. The number of anilines is 1. The molecule has 10 heteroatoms. The average Bonchev–Trinajstić information content (AvgIpc) is 3.28. The Kier molecular flexibility index (Phi) is 5.25. The molecular weight excluding hydrogens is 348 g/mol. The standard InChI is InChI=1S/C17H20N8O2/c1-4-12(11-8-6-5-7-9-11)19-21-17(26)13-14(10(2)3)25(24-20-13)16-15(18)22-27-23-16/h5-10H,4H2,1-3H3,(H2,18,22)(H,21,26)/b19-12+. The second-order valence-corrected chi connectivity index (χ2v) is 6.08. The van der Waals surface area contributed by atoms with E-state index in [2.05, 4.69) is 35.8 Å². The molecule has 3 rings (SSSR count). The van der Waals surface area contributed by atoms with Gasteiger partial charge in [-0.2, -0.15) is 9.78 Å². The monoisotopic (exact) mass is 368 g/mol. The van der Waals surface area contributed by atoms with E-state index in [0.717, 1.165) is 11.3 Å². The van der Waals surface area contributed by atoms with Crippen molar-refractivity contribution >= 4 is 17.4 Å². The third-order valence-electron chi connectivity index (χ3n) is 3.90. The minimum atomic E-state index is -0.471. The van der Waals surface area contributed by atoms with E-state index in [1.54, 1.807) is 0 Å². The van der Waals surface area contributed by atoms with Crippen molar-refractivity contribution in [2.45, 2.75) is 33.1 Å². The Bertz CT molecular complexity index is 958. The minimum Gasteiger partial charge on any atom is -0.378 e. The predicted molar refractivity (Wildman–Crippen MR) is 98.5 cm³/mol. The third kappa shape index (κ3) is 3.68. The Morgan fingerprint density at radius 2 is 2.04 bits per heavy atom. The van der Waals surface area contributed by atoms with Crippen LogP contribution in [0, 0.1) is 0 Å². The van der Waals surface area contributed by atoms with E-state index >= 15 is 0 Å². The molecule has 0 unspecified atom stereocenters. The van der Waals surface area contributed by atoms with E-state index < -0.39 is 5.91 Å². The highest BCUT2D eigenvalue weighted by Gasteiger charge is 2.25. The molecule has 0 aliphatic rings. The van der Waals surface area contributed by atoms with Gasteiger partial charge in [0.2, 0.25) is 11.6 Å². The summed E-state index contributed by atoms with van der Waals surface area (Å²) in [6.07, 6.45) is 0.662. The zero-order valence-corrected chi connectivity index (χ0v) is 15.2. The highest BCUT2D eigenvalue weighted by Crippen LogP contribution is 2.22. The summed E-state index contributed by atoms with van der Waals surface area (Å²) in [5.41, 5.74) is 10.7. The second kappa shape index (κ2) is 7.77. The summed E-state index contributed by atoms with van der Waals surface area (Å²) in [7, 11) is 0. The number of aromatic nitrogens is 5. The normalized spacial score (nSPS) is 11.8. The average molecular weight is 368 g/mol. The van der Waals surface area contributed by atoms with Gasteiger partial charge in [-0.1, -0.05) is 56.3 Å². The van der Waals surface area contributed by atoms with Crippen LogP contribution in [0.5, 0.6) is 0 Å². The van der Waals surface area contributed by atoms with Gasteiger partial charge in [-0.15, -0.1) is 5.10 Å². The number of hydrazone groups is 1. The van der Waals surface area contributed by atoms with Gasteiger partial charge in [-0.3, -0.25) is 4.79 Å². The SMILES string of the molecule is CC/C(=N\NC(=O)c1nnn(-c2nonc2N)c1C(C)C)c1ccccc1. The molecule has 0 saturated carbocycles. The molecule has 3 N–H and O–H groups in total. The van der Waals surface area contributed by atoms with E-state index in [9.17, 15) is 4.79 Å². The van der Waals surface area contributed by atoms with Crippen molar-refractivity contribution < 1.29 is 9.42 Å². The van der Waals surface area contributed by atoms with Gasteiger partial charge in [0.05, 0.1) is 11.4 Å². The lowest BCUT2D eigenvalue weighted by molar-refractivity contribution is 0.0948. The van der Waals surface area contributed by atoms with Gasteiger partial charge in [0, 0.05) is 0 Å². The van der Waals surface area contributed by atoms with Crippen LogP contribution in [0.15, 0.2) is 40.1 Å². The van der Waals surface area contributed by atoms with Crippen LogP contribution in [0.4, 0.5) is 5.82 Å². The molecule has 2 heterocycles. The van der Waals surface area contributed by atoms with E-state index in [1.165, 1.54) is 4.68 Å². The Hall–Kier alpha value is -3.56. The van der Waals surface area contributed by atoms with Gasteiger partial charge < -0.3 is 5.73 Å². The Balaban J connectivity index is 1.90. The van der Waals surface area contributed by atoms with Crippen molar-refractivity contribution in [2.75, 3.05) is 5.73 Å². The molecule has 10 nitrogen and oxygen atoms in total. The van der Waals surface area contributed by atoms with Crippen molar-refractivity contribution in [2.24, 2.45) is 5.10 Å². The van der Waals surface area contributed by atoms with Gasteiger partial charge >= 0.3 is 0 Å². The lowest BCUT2D eigenvalue weighted by atomic mass is 10.1. The summed E-state index contributed by atoms with van der Waals surface area (Å²) in [6.45, 7) is 5.77. The van der Waals surface area contributed by atoms with E-state index in [-0.39, 0.29) is 23.2 Å². The Labute approximate surface area is 155 Å². The highest BCUT2D eigenvalue weighted by molar-refractivity contribution is 6.02. The lowest BCUT2D eigenvalue weighted by Crippen LogP contribution is -2.22. The van der Waals surface area contributed by atoms with Crippen LogP contribution in [0.25, 0.3) is 5.82 Å². The van der Waals surface area contributed by atoms with Crippen molar-refractivity contribution in [3.8, 4) is 5.82 Å². The molecule has 27 heavy (non-hydrogen) atoms. The molecule has 0 aliphatic heterocycles. The molecular formula is C17H20N8O2. The second-order valence-electron chi connectivity index (χ2n) is 6.08. The summed E-state index contributed by atoms with van der Waals surface area (Å²) in [4.78, 5) is 12.7. The predicted octanol–water partition coefficient (Wildman–Crippen LogP) is 1.90. The van der Waals surface area contributed by atoms with Crippen LogP contribution in [0.3, 0.4) is 0 Å². The quantitative estimate of drug-likeness (QED) is 0.500. The molecule has 0 fully saturated rings. The first-order valence-electron chi connectivity index (χ1n) is 8.49. The number of benzene rings is 1. The van der Waals surface area contributed by atoms with E-state index in [4.69, 9.17) is 5.73 Å². The lowest BCUT2D eigenvalue weighted by Gasteiger charge is -2.09. The van der Waals surface area contributed by atoms with Gasteiger partial charge in [-0.05, 0) is 28.2 Å². The fraction of sp³-hybridized carbons (Fsp3) is 0.294. The van der Waals surface area contributed by atoms with Crippen molar-refractivity contribution in [1.29, 1.82) is 0 Å². The molecule has 140 valence electrons. The summed E-state index contributed by atoms with van der Waals surface area (Å²) >= 11 is 0. The van der Waals surface area contributed by atoms with Gasteiger partial charge in [0.25, 0.3) is 5.91 Å². The fourth-order valence-electron chi connectivity index (χ4n) is 2.61. The first kappa shape index (κ1) is 18.2. The first-order valence-corrected chi connectivity index (χ1v) is 8.49. The molecule has 0 saturated heterocycles. The van der Waals surface area contributed by atoms with Crippen molar-refractivity contribution in [3.63, 3.8) is 0 Å². The zero-order chi connectivity index (χ0) is 19.4. The molecule has 0 radical (unpaired) electrons. The van der Waals surface area contributed by atoms with E-state index in [0.29, 0.717) is 12.1 Å². The molecule has 0 aliphatic carbocycles. The number of nitrogens with zero attached hydrogens (tertiary/aromatic N) is 6. The molecule has 0 bridgehead atoms. The van der Waals surface area contributed by atoms with Crippen LogP contribution in [0.2, 0.25) is 0 Å². The summed E-state index contributed by atoms with van der Waals surface area (Å²) in [6, 6.07) is 9.63. The molecule has 1 aromatic carbocycles. The van der Waals surface area contributed by atoms with Crippen LogP contribution < -0.4 is 11.2 Å². The fourth-order valence-corrected chi connectivity index (χ4v) is 2.61. The Morgan fingerprint density at radius 1 is 1.30 bits per heavy atom. The number of amides is 1. The molecule has 1 amide bonds. The van der Waals surface area contributed by atoms with Crippen LogP contribution in [0.1, 0.15) is 54.9 Å².